The molecule has 84 valence electrons. The van der Waals surface area contributed by atoms with Gasteiger partial charge in [0.25, 0.3) is 5.56 Å². The molecule has 1 heterocycles. The minimum atomic E-state index is -0.0112. The molecule has 0 fully saturated rings. The van der Waals surface area contributed by atoms with E-state index in [1.165, 1.54) is 0 Å². The van der Waals surface area contributed by atoms with Gasteiger partial charge in [-0.05, 0) is 41.3 Å². The molecule has 0 amide bonds. The Morgan fingerprint density at radius 2 is 1.93 bits per heavy atom. The van der Waals surface area contributed by atoms with E-state index in [1.807, 2.05) is 13.8 Å². The van der Waals surface area contributed by atoms with E-state index in [0.717, 1.165) is 5.56 Å². The summed E-state index contributed by atoms with van der Waals surface area (Å²) in [6.45, 7) is 8.03. The highest BCUT2D eigenvalue weighted by atomic mass is 79.9. The molecule has 2 N–H and O–H groups in total. The summed E-state index contributed by atoms with van der Waals surface area (Å²) in [5, 5.41) is 0. The molecule has 1 aromatic heterocycles. The number of aromatic nitrogens is 1. The molecule has 3 nitrogen and oxygen atoms in total. The molecule has 0 aromatic carbocycles. The van der Waals surface area contributed by atoms with Crippen molar-refractivity contribution >= 4 is 21.6 Å². The van der Waals surface area contributed by atoms with Crippen molar-refractivity contribution in [2.24, 2.45) is 5.92 Å². The summed E-state index contributed by atoms with van der Waals surface area (Å²) in [6, 6.07) is 0.150. The third kappa shape index (κ3) is 2.25. The zero-order chi connectivity index (χ0) is 11.7. The normalized spacial score (nSPS) is 13.2. The number of anilines is 1. The first-order valence-corrected chi connectivity index (χ1v) is 5.82. The molecule has 0 radical (unpaired) electrons. The number of rotatable bonds is 2. The van der Waals surface area contributed by atoms with Crippen LogP contribution in [-0.4, -0.2) is 4.57 Å². The van der Waals surface area contributed by atoms with Crippen molar-refractivity contribution in [3.05, 3.63) is 26.6 Å². The van der Waals surface area contributed by atoms with Gasteiger partial charge in [0.15, 0.2) is 0 Å². The summed E-state index contributed by atoms with van der Waals surface area (Å²) in [4.78, 5) is 11.9. The van der Waals surface area contributed by atoms with Crippen LogP contribution >= 0.6 is 15.9 Å². The van der Waals surface area contributed by atoms with Crippen LogP contribution in [0, 0.1) is 12.8 Å². The monoisotopic (exact) mass is 272 g/mol. The molecule has 0 bridgehead atoms. The summed E-state index contributed by atoms with van der Waals surface area (Å²) in [5.74, 6) is 0.400. The van der Waals surface area contributed by atoms with Gasteiger partial charge in [0.05, 0.1) is 10.2 Å². The van der Waals surface area contributed by atoms with Gasteiger partial charge in [-0.25, -0.2) is 0 Å². The van der Waals surface area contributed by atoms with Gasteiger partial charge >= 0.3 is 0 Å². The molecule has 0 aliphatic rings. The summed E-state index contributed by atoms with van der Waals surface area (Å²) < 4.78 is 2.26. The lowest BCUT2D eigenvalue weighted by atomic mass is 10.1. The van der Waals surface area contributed by atoms with Crippen LogP contribution in [0.1, 0.15) is 32.4 Å². The second-order valence-corrected chi connectivity index (χ2v) is 5.01. The number of nitrogens with two attached hydrogens (primary N) is 1. The zero-order valence-corrected chi connectivity index (χ0v) is 11.1. The third-order valence-corrected chi connectivity index (χ3v) is 3.80. The van der Waals surface area contributed by atoms with Crippen LogP contribution in [0.5, 0.6) is 0 Å². The maximum atomic E-state index is 11.9. The van der Waals surface area contributed by atoms with Gasteiger partial charge in [0, 0.05) is 12.2 Å². The highest BCUT2D eigenvalue weighted by Gasteiger charge is 2.15. The first-order valence-electron chi connectivity index (χ1n) is 5.03. The van der Waals surface area contributed by atoms with Crippen molar-refractivity contribution in [3.63, 3.8) is 0 Å². The number of halogens is 1. The van der Waals surface area contributed by atoms with E-state index in [4.69, 9.17) is 5.73 Å². The Morgan fingerprint density at radius 1 is 1.40 bits per heavy atom. The largest absolute Gasteiger partial charge is 0.397 e. The molecule has 4 heteroatoms. The Labute approximate surface area is 98.4 Å². The van der Waals surface area contributed by atoms with Crippen LogP contribution in [-0.2, 0) is 0 Å². The summed E-state index contributed by atoms with van der Waals surface area (Å²) in [6.07, 6.45) is 1.73. The van der Waals surface area contributed by atoms with E-state index < -0.39 is 0 Å². The molecule has 0 saturated heterocycles. The van der Waals surface area contributed by atoms with Crippen molar-refractivity contribution in [2.45, 2.75) is 33.7 Å². The summed E-state index contributed by atoms with van der Waals surface area (Å²) >= 11 is 3.28. The van der Waals surface area contributed by atoms with Crippen LogP contribution in [0.25, 0.3) is 0 Å². The van der Waals surface area contributed by atoms with Gasteiger partial charge < -0.3 is 10.3 Å². The Balaban J connectivity index is 3.39. The molecular weight excluding hydrogens is 256 g/mol. The number of pyridine rings is 1. The average molecular weight is 273 g/mol. The Morgan fingerprint density at radius 3 is 2.40 bits per heavy atom. The quantitative estimate of drug-likeness (QED) is 0.900. The van der Waals surface area contributed by atoms with E-state index in [-0.39, 0.29) is 11.6 Å². The lowest BCUT2D eigenvalue weighted by Gasteiger charge is -2.20. The van der Waals surface area contributed by atoms with Gasteiger partial charge in [-0.15, -0.1) is 0 Å². The van der Waals surface area contributed by atoms with Crippen molar-refractivity contribution in [2.75, 3.05) is 5.73 Å². The lowest BCUT2D eigenvalue weighted by Crippen LogP contribution is -2.27. The van der Waals surface area contributed by atoms with Crippen molar-refractivity contribution in [1.82, 2.24) is 4.57 Å². The molecular formula is C11H17BrN2O. The molecule has 1 aromatic rings. The highest BCUT2D eigenvalue weighted by Crippen LogP contribution is 2.21. The minimum Gasteiger partial charge on any atom is -0.397 e. The topological polar surface area (TPSA) is 48.0 Å². The maximum Gasteiger partial charge on any atom is 0.265 e. The number of nitrogen functional groups attached to an aromatic ring is 1. The molecule has 0 saturated carbocycles. The van der Waals surface area contributed by atoms with Gasteiger partial charge in [-0.1, -0.05) is 13.8 Å². The number of nitrogens with zero attached hydrogens (tertiary/aromatic N) is 1. The predicted octanol–water partition coefficient (Wildman–Crippen LogP) is 2.72. The second kappa shape index (κ2) is 4.39. The fourth-order valence-corrected chi connectivity index (χ4v) is 1.76. The highest BCUT2D eigenvalue weighted by molar-refractivity contribution is 9.10. The smallest absolute Gasteiger partial charge is 0.265 e. The van der Waals surface area contributed by atoms with E-state index in [0.29, 0.717) is 16.1 Å². The van der Waals surface area contributed by atoms with Crippen LogP contribution in [0.15, 0.2) is 15.5 Å². The van der Waals surface area contributed by atoms with Gasteiger partial charge in [0.1, 0.15) is 0 Å². The zero-order valence-electron chi connectivity index (χ0n) is 9.54. The first-order chi connectivity index (χ1) is 6.86. The molecule has 0 spiro atoms. The van der Waals surface area contributed by atoms with E-state index in [2.05, 4.69) is 29.8 Å². The van der Waals surface area contributed by atoms with Gasteiger partial charge in [-0.3, -0.25) is 4.79 Å². The van der Waals surface area contributed by atoms with Crippen LogP contribution in [0.3, 0.4) is 0 Å². The van der Waals surface area contributed by atoms with Gasteiger partial charge in [0.2, 0.25) is 0 Å². The number of hydrogen-bond acceptors (Lipinski definition) is 2. The fraction of sp³-hybridized carbons (Fsp3) is 0.545. The van der Waals surface area contributed by atoms with E-state index in [1.54, 1.807) is 10.8 Å². The maximum absolute atomic E-state index is 11.9. The van der Waals surface area contributed by atoms with Gasteiger partial charge in [-0.2, -0.15) is 0 Å². The van der Waals surface area contributed by atoms with E-state index in [9.17, 15) is 4.79 Å². The van der Waals surface area contributed by atoms with Crippen molar-refractivity contribution in [3.8, 4) is 0 Å². The molecule has 1 rings (SSSR count). The molecule has 15 heavy (non-hydrogen) atoms. The third-order valence-electron chi connectivity index (χ3n) is 2.87. The molecule has 1 atom stereocenters. The Hall–Kier alpha value is -0.770. The average Bonchev–Trinajstić information content (AvgIpc) is 2.19. The first kappa shape index (κ1) is 12.3. The van der Waals surface area contributed by atoms with Crippen molar-refractivity contribution < 1.29 is 0 Å². The van der Waals surface area contributed by atoms with Crippen LogP contribution < -0.4 is 11.3 Å². The van der Waals surface area contributed by atoms with Crippen LogP contribution in [0.4, 0.5) is 5.69 Å². The summed E-state index contributed by atoms with van der Waals surface area (Å²) in [7, 11) is 0. The summed E-state index contributed by atoms with van der Waals surface area (Å²) in [5.41, 5.74) is 7.29. The standard InChI is InChI=1S/C11H17BrN2O/c1-6(2)8(4)14-5-9(13)7(3)10(12)11(14)15/h5-6,8H,13H2,1-4H3. The second-order valence-electron chi connectivity index (χ2n) is 4.22. The van der Waals surface area contributed by atoms with Crippen LogP contribution in [0.2, 0.25) is 0 Å². The predicted molar refractivity (Wildman–Crippen MR) is 67.1 cm³/mol. The van der Waals surface area contributed by atoms with E-state index >= 15 is 0 Å². The number of hydrogen-bond donors (Lipinski definition) is 1. The minimum absolute atomic E-state index is 0.0112. The molecule has 0 aliphatic heterocycles. The molecule has 0 aliphatic carbocycles. The van der Waals surface area contributed by atoms with Crippen molar-refractivity contribution in [1.29, 1.82) is 0 Å². The Kier molecular flexibility index (Phi) is 3.60. The molecule has 1 unspecified atom stereocenters. The lowest BCUT2D eigenvalue weighted by molar-refractivity contribution is 0.397. The Bertz CT molecular complexity index is 423. The SMILES string of the molecule is Cc1c(N)cn(C(C)C(C)C)c(=O)c1Br. The fourth-order valence-electron chi connectivity index (χ4n) is 1.33.